The Morgan fingerprint density at radius 1 is 1.17 bits per heavy atom. The molecule has 2 aromatic rings. The first kappa shape index (κ1) is 23.8. The summed E-state index contributed by atoms with van der Waals surface area (Å²) in [5.74, 6) is -0.575. The fraction of sp³-hybridized carbons (Fsp3) is 0.520. The number of benzene rings is 1. The van der Waals surface area contributed by atoms with E-state index in [1.54, 1.807) is 12.1 Å². The molecule has 184 valence electrons. The molecular weight excluding hydrogens is 472 g/mol. The van der Waals surface area contributed by atoms with Crippen LogP contribution in [0.15, 0.2) is 29.6 Å². The van der Waals surface area contributed by atoms with E-state index >= 15 is 0 Å². The van der Waals surface area contributed by atoms with Crippen LogP contribution in [0.3, 0.4) is 0 Å². The molecule has 0 radical (unpaired) electrons. The first-order valence-corrected chi connectivity index (χ1v) is 12.8. The Bertz CT molecular complexity index is 1140. The molecule has 1 aromatic carbocycles. The van der Waals surface area contributed by atoms with Gasteiger partial charge in [0.1, 0.15) is 18.0 Å². The zero-order chi connectivity index (χ0) is 24.6. The summed E-state index contributed by atoms with van der Waals surface area (Å²) in [4.78, 5) is 31.7. The molecule has 0 unspecified atom stereocenters. The van der Waals surface area contributed by atoms with Crippen LogP contribution in [0.25, 0.3) is 11.3 Å². The van der Waals surface area contributed by atoms with Crippen LogP contribution in [-0.4, -0.2) is 52.5 Å². The van der Waals surface area contributed by atoms with Crippen molar-refractivity contribution < 1.29 is 18.4 Å². The molecule has 1 aliphatic heterocycles. The number of anilines is 1. The molecule has 2 atom stereocenters. The van der Waals surface area contributed by atoms with Crippen LogP contribution >= 0.6 is 11.3 Å². The number of rotatable bonds is 6. The van der Waals surface area contributed by atoms with Crippen LogP contribution in [0, 0.1) is 22.6 Å². The number of nitriles is 1. The van der Waals surface area contributed by atoms with Crippen LogP contribution in [0.1, 0.15) is 44.9 Å². The second-order valence-corrected chi connectivity index (χ2v) is 10.8. The lowest BCUT2D eigenvalue weighted by Gasteiger charge is -2.52. The number of thiazole rings is 1. The first-order chi connectivity index (χ1) is 16.8. The van der Waals surface area contributed by atoms with Gasteiger partial charge in [0.05, 0.1) is 24.9 Å². The van der Waals surface area contributed by atoms with E-state index in [-0.39, 0.29) is 42.7 Å². The smallest absolute Gasteiger partial charge is 0.237 e. The Labute approximate surface area is 206 Å². The Morgan fingerprint density at radius 3 is 2.51 bits per heavy atom. The molecule has 4 fully saturated rings. The lowest BCUT2D eigenvalue weighted by molar-refractivity contribution is -0.135. The van der Waals surface area contributed by atoms with Crippen LogP contribution in [-0.2, 0) is 9.59 Å². The largest absolute Gasteiger partial charge is 0.323 e. The van der Waals surface area contributed by atoms with Gasteiger partial charge in [0.15, 0.2) is 5.13 Å². The molecule has 2 amide bonds. The van der Waals surface area contributed by atoms with Gasteiger partial charge in [-0.2, -0.15) is 5.26 Å². The molecule has 1 aromatic heterocycles. The second kappa shape index (κ2) is 9.28. The van der Waals surface area contributed by atoms with Gasteiger partial charge in [-0.15, -0.1) is 11.3 Å². The highest BCUT2D eigenvalue weighted by molar-refractivity contribution is 7.14. The highest BCUT2D eigenvalue weighted by Gasteiger charge is 2.52. The Balaban J connectivity index is 1.16. The highest BCUT2D eigenvalue weighted by Crippen LogP contribution is 2.53. The van der Waals surface area contributed by atoms with Crippen molar-refractivity contribution in [1.29, 1.82) is 5.26 Å². The van der Waals surface area contributed by atoms with E-state index in [2.05, 4.69) is 15.6 Å². The molecule has 3 aliphatic carbocycles. The number of amides is 2. The quantitative estimate of drug-likeness (QED) is 0.625. The zero-order valence-corrected chi connectivity index (χ0v) is 20.0. The summed E-state index contributed by atoms with van der Waals surface area (Å²) in [7, 11) is 0. The molecule has 6 rings (SSSR count). The standard InChI is InChI=1S/C25H27F2N5O2S/c26-17-3-1-16(2-4-17)20-15-35-23(30-20)31-22(34)24-5-8-25(9-6-24,10-7-24)29-13-21(33)32-14-18(27)11-19(32)12-28/h1-4,15,18-19,29H,5-11,13-14H2,(H,30,31,34)/t18-,19-,24?,25?/m0/s1. The fourth-order valence-corrected chi connectivity index (χ4v) is 6.37. The van der Waals surface area contributed by atoms with Crippen LogP contribution in [0.2, 0.25) is 0 Å². The minimum absolute atomic E-state index is 0.0192. The maximum atomic E-state index is 13.7. The van der Waals surface area contributed by atoms with Gasteiger partial charge in [-0.05, 0) is 62.8 Å². The van der Waals surface area contributed by atoms with Gasteiger partial charge >= 0.3 is 0 Å². The van der Waals surface area contributed by atoms with Crippen molar-refractivity contribution in [1.82, 2.24) is 15.2 Å². The summed E-state index contributed by atoms with van der Waals surface area (Å²) < 4.78 is 26.8. The number of aromatic nitrogens is 1. The Morgan fingerprint density at radius 2 is 1.86 bits per heavy atom. The third-order valence-electron chi connectivity index (χ3n) is 7.93. The average Bonchev–Trinajstić information content (AvgIpc) is 3.50. The lowest BCUT2D eigenvalue weighted by atomic mass is 9.57. The minimum Gasteiger partial charge on any atom is -0.323 e. The van der Waals surface area contributed by atoms with Crippen molar-refractivity contribution >= 4 is 28.3 Å². The molecular formula is C25H27F2N5O2S. The molecule has 10 heteroatoms. The first-order valence-electron chi connectivity index (χ1n) is 11.9. The van der Waals surface area contributed by atoms with Crippen molar-refractivity contribution in [2.45, 2.75) is 62.7 Å². The van der Waals surface area contributed by atoms with Crippen LogP contribution < -0.4 is 10.6 Å². The minimum atomic E-state index is -1.14. The fourth-order valence-electron chi connectivity index (χ4n) is 5.65. The summed E-state index contributed by atoms with van der Waals surface area (Å²) in [6.07, 6.45) is 3.41. The number of nitrogens with zero attached hydrogens (tertiary/aromatic N) is 3. The summed E-state index contributed by atoms with van der Waals surface area (Å²) in [5, 5.41) is 18.0. The molecule has 2 bridgehead atoms. The number of halogens is 2. The number of hydrogen-bond donors (Lipinski definition) is 2. The van der Waals surface area contributed by atoms with Crippen molar-refractivity contribution in [2.75, 3.05) is 18.4 Å². The number of nitrogens with one attached hydrogen (secondary N) is 2. The van der Waals surface area contributed by atoms with Gasteiger partial charge in [-0.3, -0.25) is 9.59 Å². The topological polar surface area (TPSA) is 98.1 Å². The summed E-state index contributed by atoms with van der Waals surface area (Å²) in [6, 6.07) is 7.41. The third kappa shape index (κ3) is 4.67. The van der Waals surface area contributed by atoms with Gasteiger partial charge in [0.25, 0.3) is 0 Å². The number of carbonyl (C=O) groups is 2. The van der Waals surface area contributed by atoms with Crippen LogP contribution in [0.4, 0.5) is 13.9 Å². The Hall–Kier alpha value is -2.90. The van der Waals surface area contributed by atoms with Gasteiger partial charge in [0.2, 0.25) is 11.8 Å². The number of alkyl halides is 1. The normalized spacial score (nSPS) is 29.7. The van der Waals surface area contributed by atoms with E-state index in [9.17, 15) is 23.6 Å². The van der Waals surface area contributed by atoms with Gasteiger partial charge in [-0.25, -0.2) is 13.8 Å². The van der Waals surface area contributed by atoms with E-state index in [0.717, 1.165) is 24.8 Å². The van der Waals surface area contributed by atoms with E-state index in [0.29, 0.717) is 30.1 Å². The number of fused-ring (bicyclic) bond motifs is 3. The average molecular weight is 500 g/mol. The molecule has 35 heavy (non-hydrogen) atoms. The SMILES string of the molecule is N#C[C@@H]1C[C@H](F)CN1C(=O)CNC12CCC(C(=O)Nc3nc(-c4ccc(F)cc4)cs3)(CC1)CC2. The molecule has 4 aliphatic rings. The second-order valence-electron chi connectivity index (χ2n) is 9.94. The van der Waals surface area contributed by atoms with Crippen molar-refractivity contribution in [2.24, 2.45) is 5.41 Å². The van der Waals surface area contributed by atoms with E-state index in [1.807, 2.05) is 11.4 Å². The summed E-state index contributed by atoms with van der Waals surface area (Å²) in [6.45, 7) is 0.0595. The van der Waals surface area contributed by atoms with Gasteiger partial charge in [0, 0.05) is 28.3 Å². The molecule has 2 heterocycles. The van der Waals surface area contributed by atoms with Crippen molar-refractivity contribution in [3.63, 3.8) is 0 Å². The molecule has 1 saturated heterocycles. The van der Waals surface area contributed by atoms with Gasteiger partial charge in [-0.1, -0.05) is 0 Å². The van der Waals surface area contributed by atoms with E-state index in [4.69, 9.17) is 0 Å². The molecule has 0 spiro atoms. The van der Waals surface area contributed by atoms with E-state index in [1.165, 1.54) is 28.4 Å². The zero-order valence-electron chi connectivity index (χ0n) is 19.2. The van der Waals surface area contributed by atoms with Gasteiger partial charge < -0.3 is 15.5 Å². The van der Waals surface area contributed by atoms with Crippen molar-refractivity contribution in [3.8, 4) is 17.3 Å². The van der Waals surface area contributed by atoms with E-state index < -0.39 is 17.6 Å². The predicted octanol–water partition coefficient (Wildman–Crippen LogP) is 4.03. The lowest BCUT2D eigenvalue weighted by Crippen LogP contribution is -2.59. The highest BCUT2D eigenvalue weighted by atomic mass is 32.1. The monoisotopic (exact) mass is 499 g/mol. The Kier molecular flexibility index (Phi) is 6.32. The molecule has 7 nitrogen and oxygen atoms in total. The third-order valence-corrected chi connectivity index (χ3v) is 8.68. The summed E-state index contributed by atoms with van der Waals surface area (Å²) in [5.41, 5.74) is 0.834. The van der Waals surface area contributed by atoms with Crippen molar-refractivity contribution in [3.05, 3.63) is 35.5 Å². The summed E-state index contributed by atoms with van der Waals surface area (Å²) >= 11 is 1.35. The maximum absolute atomic E-state index is 13.7. The molecule has 3 saturated carbocycles. The molecule has 2 N–H and O–H groups in total. The number of hydrogen-bond acceptors (Lipinski definition) is 6. The number of likely N-dealkylation sites (tertiary alicyclic amines) is 1. The predicted molar refractivity (Wildman–Crippen MR) is 128 cm³/mol. The van der Waals surface area contributed by atoms with Crippen LogP contribution in [0.5, 0.6) is 0 Å². The number of carbonyl (C=O) groups excluding carboxylic acids is 2. The maximum Gasteiger partial charge on any atom is 0.237 e.